The molecule has 1 rings (SSSR count). The van der Waals surface area contributed by atoms with Crippen LogP contribution in [0.15, 0.2) is 18.2 Å². The lowest BCUT2D eigenvalue weighted by Crippen LogP contribution is -2.34. The van der Waals surface area contributed by atoms with Crippen LogP contribution in [0.25, 0.3) is 0 Å². The molecule has 7 heteroatoms. The fraction of sp³-hybridized carbons (Fsp3) is 0.500. The summed E-state index contributed by atoms with van der Waals surface area (Å²) in [5.74, 6) is 5.27. The molecule has 116 valence electrons. The van der Waals surface area contributed by atoms with Crippen molar-refractivity contribution in [2.75, 3.05) is 5.43 Å². The molecule has 0 radical (unpaired) electrons. The van der Waals surface area contributed by atoms with Gasteiger partial charge in [0, 0.05) is 6.04 Å². The SMILES string of the molecule is CCC(C)CC(C)NC(=O)c1cccc(NN)c1[N+](=O)[O-]. The highest BCUT2D eigenvalue weighted by Crippen LogP contribution is 2.27. The van der Waals surface area contributed by atoms with Gasteiger partial charge in [-0.05, 0) is 31.4 Å². The van der Waals surface area contributed by atoms with Gasteiger partial charge in [-0.15, -0.1) is 0 Å². The van der Waals surface area contributed by atoms with Gasteiger partial charge in [0.1, 0.15) is 11.3 Å². The molecule has 21 heavy (non-hydrogen) atoms. The number of carbonyl (C=O) groups excluding carboxylic acids is 1. The number of hydrogen-bond donors (Lipinski definition) is 3. The summed E-state index contributed by atoms with van der Waals surface area (Å²) in [6.45, 7) is 6.07. The third kappa shape index (κ3) is 4.42. The highest BCUT2D eigenvalue weighted by molar-refractivity contribution is 6.00. The lowest BCUT2D eigenvalue weighted by molar-refractivity contribution is -0.384. The van der Waals surface area contributed by atoms with Gasteiger partial charge < -0.3 is 10.7 Å². The number of hydrazine groups is 1. The maximum absolute atomic E-state index is 12.2. The van der Waals surface area contributed by atoms with Crippen LogP contribution in [0.2, 0.25) is 0 Å². The zero-order valence-electron chi connectivity index (χ0n) is 12.6. The monoisotopic (exact) mass is 294 g/mol. The van der Waals surface area contributed by atoms with Gasteiger partial charge in [0.15, 0.2) is 0 Å². The van der Waals surface area contributed by atoms with Crippen LogP contribution in [0.4, 0.5) is 11.4 Å². The minimum absolute atomic E-state index is 0.00597. The number of nitro groups is 1. The van der Waals surface area contributed by atoms with E-state index >= 15 is 0 Å². The Balaban J connectivity index is 2.95. The number of para-hydroxylation sites is 1. The number of carbonyl (C=O) groups is 1. The van der Waals surface area contributed by atoms with Gasteiger partial charge in [-0.2, -0.15) is 0 Å². The molecule has 7 nitrogen and oxygen atoms in total. The molecule has 0 spiro atoms. The van der Waals surface area contributed by atoms with Crippen molar-refractivity contribution in [2.24, 2.45) is 11.8 Å². The van der Waals surface area contributed by atoms with E-state index in [2.05, 4.69) is 24.6 Å². The number of hydrogen-bond acceptors (Lipinski definition) is 5. The van der Waals surface area contributed by atoms with Crippen LogP contribution in [0.5, 0.6) is 0 Å². The maximum Gasteiger partial charge on any atom is 0.306 e. The van der Waals surface area contributed by atoms with Crippen molar-refractivity contribution in [3.05, 3.63) is 33.9 Å². The Morgan fingerprint density at radius 1 is 1.43 bits per heavy atom. The molecule has 0 bridgehead atoms. The quantitative estimate of drug-likeness (QED) is 0.406. The molecular weight excluding hydrogens is 272 g/mol. The summed E-state index contributed by atoms with van der Waals surface area (Å²) in [6, 6.07) is 4.37. The van der Waals surface area contributed by atoms with Crippen LogP contribution >= 0.6 is 0 Å². The van der Waals surface area contributed by atoms with E-state index in [0.29, 0.717) is 5.92 Å². The Hall–Kier alpha value is -2.15. The van der Waals surface area contributed by atoms with Crippen LogP contribution in [0.1, 0.15) is 44.0 Å². The van der Waals surface area contributed by atoms with Crippen molar-refractivity contribution in [3.63, 3.8) is 0 Å². The standard InChI is InChI=1S/C14H22N4O3/c1-4-9(2)8-10(3)16-14(19)11-6-5-7-12(17-15)13(11)18(20)21/h5-7,9-10,17H,4,8,15H2,1-3H3,(H,16,19). The second-order valence-corrected chi connectivity index (χ2v) is 5.23. The predicted molar refractivity (Wildman–Crippen MR) is 81.9 cm³/mol. The van der Waals surface area contributed by atoms with Gasteiger partial charge in [0.25, 0.3) is 5.91 Å². The first-order valence-corrected chi connectivity index (χ1v) is 6.95. The second-order valence-electron chi connectivity index (χ2n) is 5.23. The van der Waals surface area contributed by atoms with E-state index in [4.69, 9.17) is 5.84 Å². The van der Waals surface area contributed by atoms with E-state index < -0.39 is 10.8 Å². The van der Waals surface area contributed by atoms with Gasteiger partial charge in [-0.1, -0.05) is 26.3 Å². The van der Waals surface area contributed by atoms with Crippen molar-refractivity contribution in [1.82, 2.24) is 5.32 Å². The van der Waals surface area contributed by atoms with Gasteiger partial charge >= 0.3 is 5.69 Å². The highest BCUT2D eigenvalue weighted by Gasteiger charge is 2.25. The first-order chi connectivity index (χ1) is 9.90. The predicted octanol–water partition coefficient (Wildman–Crippen LogP) is 2.43. The zero-order chi connectivity index (χ0) is 16.0. The Labute approximate surface area is 124 Å². The third-order valence-corrected chi connectivity index (χ3v) is 3.45. The molecule has 2 unspecified atom stereocenters. The van der Waals surface area contributed by atoms with E-state index in [9.17, 15) is 14.9 Å². The number of anilines is 1. The van der Waals surface area contributed by atoms with Crippen molar-refractivity contribution in [1.29, 1.82) is 0 Å². The number of benzene rings is 1. The molecule has 0 aromatic heterocycles. The van der Waals surface area contributed by atoms with Crippen LogP contribution < -0.4 is 16.6 Å². The molecule has 0 fully saturated rings. The summed E-state index contributed by atoms with van der Waals surface area (Å²) >= 11 is 0. The summed E-state index contributed by atoms with van der Waals surface area (Å²) in [5, 5.41) is 13.9. The zero-order valence-corrected chi connectivity index (χ0v) is 12.6. The lowest BCUT2D eigenvalue weighted by Gasteiger charge is -2.17. The van der Waals surface area contributed by atoms with Crippen molar-refractivity contribution in [3.8, 4) is 0 Å². The molecule has 0 heterocycles. The Morgan fingerprint density at radius 3 is 2.62 bits per heavy atom. The molecule has 0 aliphatic carbocycles. The lowest BCUT2D eigenvalue weighted by atomic mass is 10.00. The number of nitrogen functional groups attached to an aromatic ring is 1. The molecular formula is C14H22N4O3. The molecule has 1 aromatic carbocycles. The Bertz CT molecular complexity index is 519. The number of amides is 1. The minimum atomic E-state index is -0.608. The average Bonchev–Trinajstić information content (AvgIpc) is 2.45. The van der Waals surface area contributed by atoms with Crippen LogP contribution in [-0.4, -0.2) is 16.9 Å². The number of nitrogens with zero attached hydrogens (tertiary/aromatic N) is 1. The summed E-state index contributed by atoms with van der Waals surface area (Å²) < 4.78 is 0. The molecule has 1 aromatic rings. The summed E-state index contributed by atoms with van der Waals surface area (Å²) in [6.07, 6.45) is 1.85. The number of rotatable bonds is 7. The van der Waals surface area contributed by atoms with Crippen LogP contribution in [0, 0.1) is 16.0 Å². The first-order valence-electron chi connectivity index (χ1n) is 6.95. The number of nitrogens with two attached hydrogens (primary N) is 1. The summed E-state index contributed by atoms with van der Waals surface area (Å²) in [4.78, 5) is 22.8. The average molecular weight is 294 g/mol. The molecule has 0 saturated heterocycles. The van der Waals surface area contributed by atoms with Gasteiger partial charge in [0.2, 0.25) is 0 Å². The number of nitro benzene ring substituents is 1. The van der Waals surface area contributed by atoms with E-state index in [1.165, 1.54) is 12.1 Å². The minimum Gasteiger partial charge on any atom is -0.349 e. The van der Waals surface area contributed by atoms with E-state index in [1.54, 1.807) is 6.07 Å². The fourth-order valence-corrected chi connectivity index (χ4v) is 2.17. The second kappa shape index (κ2) is 7.58. The molecule has 0 aliphatic rings. The fourth-order valence-electron chi connectivity index (χ4n) is 2.17. The van der Waals surface area contributed by atoms with E-state index in [1.807, 2.05) is 6.92 Å². The summed E-state index contributed by atoms with van der Waals surface area (Å²) in [5.41, 5.74) is 2.05. The molecule has 4 N–H and O–H groups in total. The van der Waals surface area contributed by atoms with Crippen molar-refractivity contribution < 1.29 is 9.72 Å². The third-order valence-electron chi connectivity index (χ3n) is 3.45. The Morgan fingerprint density at radius 2 is 2.10 bits per heavy atom. The maximum atomic E-state index is 12.2. The van der Waals surface area contributed by atoms with Crippen molar-refractivity contribution in [2.45, 2.75) is 39.7 Å². The smallest absolute Gasteiger partial charge is 0.306 e. The van der Waals surface area contributed by atoms with Crippen molar-refractivity contribution >= 4 is 17.3 Å². The molecule has 0 aliphatic heterocycles. The topological polar surface area (TPSA) is 110 Å². The normalized spacial score (nSPS) is 13.3. The van der Waals surface area contributed by atoms with Crippen LogP contribution in [-0.2, 0) is 0 Å². The van der Waals surface area contributed by atoms with Crippen LogP contribution in [0.3, 0.4) is 0 Å². The van der Waals surface area contributed by atoms with Gasteiger partial charge in [-0.25, -0.2) is 0 Å². The van der Waals surface area contributed by atoms with E-state index in [-0.39, 0.29) is 23.0 Å². The van der Waals surface area contributed by atoms with E-state index in [0.717, 1.165) is 12.8 Å². The first kappa shape index (κ1) is 16.9. The van der Waals surface area contributed by atoms with Gasteiger partial charge in [0.05, 0.1) is 4.92 Å². The summed E-state index contributed by atoms with van der Waals surface area (Å²) in [7, 11) is 0. The molecule has 0 saturated carbocycles. The molecule has 2 atom stereocenters. The van der Waals surface area contributed by atoms with Gasteiger partial charge in [-0.3, -0.25) is 20.8 Å². The number of nitrogens with one attached hydrogen (secondary N) is 2. The molecule has 1 amide bonds. The Kier molecular flexibility index (Phi) is 6.10. The largest absolute Gasteiger partial charge is 0.349 e. The highest BCUT2D eigenvalue weighted by atomic mass is 16.6.